The van der Waals surface area contributed by atoms with E-state index in [0.29, 0.717) is 12.6 Å². The summed E-state index contributed by atoms with van der Waals surface area (Å²) in [6, 6.07) is 2.78. The molecule has 1 N–H and O–H groups in total. The summed E-state index contributed by atoms with van der Waals surface area (Å²) < 4.78 is 27.2. The van der Waals surface area contributed by atoms with E-state index in [9.17, 15) is 8.42 Å². The Morgan fingerprint density at radius 2 is 2.15 bits per heavy atom. The molecule has 6 nitrogen and oxygen atoms in total. The second-order valence-corrected chi connectivity index (χ2v) is 7.74. The minimum atomic E-state index is -3.16. The van der Waals surface area contributed by atoms with E-state index in [1.807, 2.05) is 10.7 Å². The third-order valence-electron chi connectivity index (χ3n) is 4.33. The summed E-state index contributed by atoms with van der Waals surface area (Å²) in [4.78, 5) is 2.50. The molecule has 1 aliphatic heterocycles. The van der Waals surface area contributed by atoms with Crippen LogP contribution in [0.5, 0.6) is 0 Å². The molecule has 1 atom stereocenters. The molecule has 2 aliphatic rings. The number of rotatable bonds is 4. The van der Waals surface area contributed by atoms with Crippen LogP contribution >= 0.6 is 0 Å². The highest BCUT2D eigenvalue weighted by molar-refractivity contribution is 7.88. The maximum absolute atomic E-state index is 11.3. The lowest BCUT2D eigenvalue weighted by Crippen LogP contribution is -2.46. The minimum Gasteiger partial charge on any atom is -0.292 e. The molecule has 0 saturated heterocycles. The SMILES string of the molecule is CS(=O)(=O)NC[C@H]1CN(C2CCCC2)Cc2ccnn21. The minimum absolute atomic E-state index is 0.0871. The molecule has 20 heavy (non-hydrogen) atoms. The Labute approximate surface area is 120 Å². The Bertz CT molecular complexity index is 563. The van der Waals surface area contributed by atoms with E-state index in [1.54, 1.807) is 6.20 Å². The van der Waals surface area contributed by atoms with Crippen LogP contribution in [0.3, 0.4) is 0 Å². The van der Waals surface area contributed by atoms with Gasteiger partial charge in [0.2, 0.25) is 10.0 Å². The summed E-state index contributed by atoms with van der Waals surface area (Å²) in [7, 11) is -3.16. The van der Waals surface area contributed by atoms with Crippen molar-refractivity contribution >= 4 is 10.0 Å². The van der Waals surface area contributed by atoms with Crippen LogP contribution in [0.25, 0.3) is 0 Å². The lowest BCUT2D eigenvalue weighted by atomic mass is 10.1. The van der Waals surface area contributed by atoms with Crippen molar-refractivity contribution in [1.29, 1.82) is 0 Å². The normalized spacial score (nSPS) is 24.9. The van der Waals surface area contributed by atoms with Gasteiger partial charge in [0.15, 0.2) is 0 Å². The lowest BCUT2D eigenvalue weighted by Gasteiger charge is -2.37. The molecule has 0 amide bonds. The van der Waals surface area contributed by atoms with Gasteiger partial charge in [0, 0.05) is 31.9 Å². The van der Waals surface area contributed by atoms with Gasteiger partial charge in [0.1, 0.15) is 0 Å². The molecule has 1 aromatic rings. The van der Waals surface area contributed by atoms with E-state index in [1.165, 1.54) is 37.6 Å². The molecule has 1 aromatic heterocycles. The van der Waals surface area contributed by atoms with Gasteiger partial charge in [0.05, 0.1) is 18.0 Å². The highest BCUT2D eigenvalue weighted by Crippen LogP contribution is 2.29. The molecule has 112 valence electrons. The van der Waals surface area contributed by atoms with Crippen molar-refractivity contribution in [3.8, 4) is 0 Å². The fourth-order valence-electron chi connectivity index (χ4n) is 3.36. The van der Waals surface area contributed by atoms with Gasteiger partial charge in [-0.2, -0.15) is 5.10 Å². The smallest absolute Gasteiger partial charge is 0.208 e. The van der Waals surface area contributed by atoms with Crippen molar-refractivity contribution in [2.45, 2.75) is 44.3 Å². The maximum Gasteiger partial charge on any atom is 0.208 e. The summed E-state index contributed by atoms with van der Waals surface area (Å²) in [5.41, 5.74) is 1.18. The number of hydrogen-bond donors (Lipinski definition) is 1. The second kappa shape index (κ2) is 5.46. The number of sulfonamides is 1. The number of fused-ring (bicyclic) bond motifs is 1. The Balaban J connectivity index is 1.75. The highest BCUT2D eigenvalue weighted by atomic mass is 32.2. The van der Waals surface area contributed by atoms with E-state index in [0.717, 1.165) is 13.1 Å². The van der Waals surface area contributed by atoms with E-state index in [-0.39, 0.29) is 6.04 Å². The molecule has 0 bridgehead atoms. The Kier molecular flexibility index (Phi) is 3.83. The van der Waals surface area contributed by atoms with Crippen LogP contribution in [0, 0.1) is 0 Å². The average molecular weight is 298 g/mol. The Morgan fingerprint density at radius 3 is 2.85 bits per heavy atom. The van der Waals surface area contributed by atoms with Gasteiger partial charge in [-0.25, -0.2) is 13.1 Å². The first-order valence-electron chi connectivity index (χ1n) is 7.24. The monoisotopic (exact) mass is 298 g/mol. The van der Waals surface area contributed by atoms with Crippen molar-refractivity contribution in [1.82, 2.24) is 19.4 Å². The summed E-state index contributed by atoms with van der Waals surface area (Å²) in [5.74, 6) is 0. The number of aromatic nitrogens is 2. The van der Waals surface area contributed by atoms with Gasteiger partial charge in [0.25, 0.3) is 0 Å². The van der Waals surface area contributed by atoms with Gasteiger partial charge in [-0.3, -0.25) is 9.58 Å². The third-order valence-corrected chi connectivity index (χ3v) is 5.02. The molecule has 0 aromatic carbocycles. The van der Waals surface area contributed by atoms with Gasteiger partial charge < -0.3 is 0 Å². The van der Waals surface area contributed by atoms with Crippen LogP contribution in [-0.4, -0.2) is 48.5 Å². The molecule has 3 rings (SSSR count). The molecule has 0 spiro atoms. The van der Waals surface area contributed by atoms with Crippen molar-refractivity contribution in [3.63, 3.8) is 0 Å². The van der Waals surface area contributed by atoms with Crippen molar-refractivity contribution < 1.29 is 8.42 Å². The zero-order valence-corrected chi connectivity index (χ0v) is 12.6. The molecule has 1 aliphatic carbocycles. The summed E-state index contributed by atoms with van der Waals surface area (Å²) in [6.07, 6.45) is 8.16. The fourth-order valence-corrected chi connectivity index (χ4v) is 3.86. The van der Waals surface area contributed by atoms with E-state index in [2.05, 4.69) is 14.7 Å². The van der Waals surface area contributed by atoms with Crippen LogP contribution < -0.4 is 4.72 Å². The van der Waals surface area contributed by atoms with Gasteiger partial charge in [-0.05, 0) is 18.9 Å². The Hall–Kier alpha value is -0.920. The zero-order chi connectivity index (χ0) is 14.2. The first-order valence-corrected chi connectivity index (χ1v) is 9.13. The topological polar surface area (TPSA) is 67.2 Å². The molecule has 7 heteroatoms. The summed E-state index contributed by atoms with van der Waals surface area (Å²) in [6.45, 7) is 2.22. The predicted molar refractivity (Wildman–Crippen MR) is 76.8 cm³/mol. The number of nitrogens with zero attached hydrogens (tertiary/aromatic N) is 3. The van der Waals surface area contributed by atoms with Crippen LogP contribution in [0.15, 0.2) is 12.3 Å². The molecular formula is C13H22N4O2S. The Morgan fingerprint density at radius 1 is 1.40 bits per heavy atom. The average Bonchev–Trinajstić information content (AvgIpc) is 3.05. The van der Waals surface area contributed by atoms with Gasteiger partial charge >= 0.3 is 0 Å². The first kappa shape index (κ1) is 14.0. The third kappa shape index (κ3) is 3.05. The number of hydrogen-bond acceptors (Lipinski definition) is 4. The number of nitrogens with one attached hydrogen (secondary N) is 1. The molecule has 0 radical (unpaired) electrons. The zero-order valence-electron chi connectivity index (χ0n) is 11.8. The molecular weight excluding hydrogens is 276 g/mol. The highest BCUT2D eigenvalue weighted by Gasteiger charge is 2.31. The fraction of sp³-hybridized carbons (Fsp3) is 0.769. The standard InChI is InChI=1S/C13H22N4O2S/c1-20(18,19)15-8-13-10-16(11-4-2-3-5-11)9-12-6-7-14-17(12)13/h6-7,11,13,15H,2-5,8-10H2,1H3/t13-/m0/s1. The van der Waals surface area contributed by atoms with Crippen molar-refractivity contribution in [2.24, 2.45) is 0 Å². The van der Waals surface area contributed by atoms with Crippen molar-refractivity contribution in [3.05, 3.63) is 18.0 Å². The van der Waals surface area contributed by atoms with Crippen molar-refractivity contribution in [2.75, 3.05) is 19.3 Å². The lowest BCUT2D eigenvalue weighted by molar-refractivity contribution is 0.125. The summed E-state index contributed by atoms with van der Waals surface area (Å²) in [5, 5.41) is 4.36. The van der Waals surface area contributed by atoms with Crippen LogP contribution in [-0.2, 0) is 16.6 Å². The quantitative estimate of drug-likeness (QED) is 0.890. The maximum atomic E-state index is 11.3. The summed E-state index contributed by atoms with van der Waals surface area (Å²) >= 11 is 0. The molecule has 1 saturated carbocycles. The second-order valence-electron chi connectivity index (χ2n) is 5.91. The van der Waals surface area contributed by atoms with Crippen LogP contribution in [0.2, 0.25) is 0 Å². The first-order chi connectivity index (χ1) is 9.53. The predicted octanol–water partition coefficient (Wildman–Crippen LogP) is 0.732. The van der Waals surface area contributed by atoms with Gasteiger partial charge in [-0.1, -0.05) is 12.8 Å². The molecule has 0 unspecified atom stereocenters. The van der Waals surface area contributed by atoms with E-state index in [4.69, 9.17) is 0 Å². The van der Waals surface area contributed by atoms with Crippen LogP contribution in [0.4, 0.5) is 0 Å². The van der Waals surface area contributed by atoms with Crippen LogP contribution in [0.1, 0.15) is 37.4 Å². The molecule has 2 heterocycles. The van der Waals surface area contributed by atoms with E-state index < -0.39 is 10.0 Å². The molecule has 1 fully saturated rings. The van der Waals surface area contributed by atoms with E-state index >= 15 is 0 Å². The largest absolute Gasteiger partial charge is 0.292 e. The van der Waals surface area contributed by atoms with Gasteiger partial charge in [-0.15, -0.1) is 0 Å².